The van der Waals surface area contributed by atoms with Crippen LogP contribution in [0, 0.1) is 0 Å². The molecule has 36 heavy (non-hydrogen) atoms. The topological polar surface area (TPSA) is 94.8 Å². The average Bonchev–Trinajstić information content (AvgIpc) is 3.33. The summed E-state index contributed by atoms with van der Waals surface area (Å²) in [6.07, 6.45) is 6.27. The maximum atomic E-state index is 13.2. The fourth-order valence-electron chi connectivity index (χ4n) is 4.61. The van der Waals surface area contributed by atoms with Crippen LogP contribution >= 0.6 is 11.6 Å². The van der Waals surface area contributed by atoms with Gasteiger partial charge in [0.25, 0.3) is 5.91 Å². The first-order valence-electron chi connectivity index (χ1n) is 12.2. The number of nitrogens with zero attached hydrogens (tertiary/aromatic N) is 4. The third kappa shape index (κ3) is 5.36. The maximum absolute atomic E-state index is 13.2. The molecule has 0 atom stereocenters. The standard InChI is InChI=1S/C27H29ClN6O2/c28-20-6-3-5-19(17-20)22-18-30-34-15-11-24(31-26(22)34)27(36)32-23-7-1-2-8-25(23)33-13-9-21(10-14-33)29-12-4-16-35/h1-3,5-8,11,15,17-18,21,29,35H,4,9-10,12-14,16H2,(H,32,36). The zero-order valence-electron chi connectivity index (χ0n) is 19.9. The molecule has 2 aromatic heterocycles. The summed E-state index contributed by atoms with van der Waals surface area (Å²) in [5.41, 5.74) is 4.37. The van der Waals surface area contributed by atoms with Crippen molar-refractivity contribution in [1.82, 2.24) is 19.9 Å². The van der Waals surface area contributed by atoms with E-state index in [0.717, 1.165) is 61.4 Å². The molecule has 0 aliphatic carbocycles. The number of carbonyl (C=O) groups is 1. The van der Waals surface area contributed by atoms with Gasteiger partial charge < -0.3 is 20.6 Å². The minimum Gasteiger partial charge on any atom is -0.396 e. The number of amides is 1. The van der Waals surface area contributed by atoms with Crippen LogP contribution in [0.3, 0.4) is 0 Å². The Labute approximate surface area is 214 Å². The normalized spacial score (nSPS) is 14.3. The van der Waals surface area contributed by atoms with Crippen LogP contribution < -0.4 is 15.5 Å². The average molecular weight is 505 g/mol. The number of aliphatic hydroxyl groups excluding tert-OH is 1. The Bertz CT molecular complexity index is 1350. The predicted octanol–water partition coefficient (Wildman–Crippen LogP) is 4.24. The van der Waals surface area contributed by atoms with E-state index in [1.807, 2.05) is 48.5 Å². The lowest BCUT2D eigenvalue weighted by molar-refractivity contribution is 0.102. The molecular formula is C27H29ClN6O2. The van der Waals surface area contributed by atoms with Crippen LogP contribution in [-0.4, -0.2) is 57.9 Å². The number of hydrogen-bond donors (Lipinski definition) is 3. The number of para-hydroxylation sites is 2. The number of halogens is 1. The summed E-state index contributed by atoms with van der Waals surface area (Å²) in [6, 6.07) is 17.5. The number of nitrogens with one attached hydrogen (secondary N) is 2. The summed E-state index contributed by atoms with van der Waals surface area (Å²) in [7, 11) is 0. The molecule has 0 spiro atoms. The molecule has 2 aromatic carbocycles. The van der Waals surface area contributed by atoms with Gasteiger partial charge in [0.1, 0.15) is 5.69 Å². The predicted molar refractivity (Wildman–Crippen MR) is 143 cm³/mol. The Kier molecular flexibility index (Phi) is 7.46. The van der Waals surface area contributed by atoms with Crippen LogP contribution in [0.2, 0.25) is 5.02 Å². The number of anilines is 2. The molecule has 1 amide bonds. The van der Waals surface area contributed by atoms with E-state index in [1.165, 1.54) is 0 Å². The van der Waals surface area contributed by atoms with Crippen molar-refractivity contribution in [2.75, 3.05) is 36.5 Å². The summed E-state index contributed by atoms with van der Waals surface area (Å²) in [4.78, 5) is 20.2. The molecule has 0 unspecified atom stereocenters. The molecule has 1 aliphatic heterocycles. The van der Waals surface area contributed by atoms with Crippen LogP contribution in [0.4, 0.5) is 11.4 Å². The fraction of sp³-hybridized carbons (Fsp3) is 0.296. The van der Waals surface area contributed by atoms with Crippen LogP contribution in [-0.2, 0) is 0 Å². The van der Waals surface area contributed by atoms with Crippen LogP contribution in [0.5, 0.6) is 0 Å². The first kappa shape index (κ1) is 24.2. The van der Waals surface area contributed by atoms with Crippen LogP contribution in [0.15, 0.2) is 67.0 Å². The van der Waals surface area contributed by atoms with Crippen molar-refractivity contribution < 1.29 is 9.90 Å². The van der Waals surface area contributed by atoms with E-state index in [-0.39, 0.29) is 12.5 Å². The third-order valence-corrected chi connectivity index (χ3v) is 6.73. The maximum Gasteiger partial charge on any atom is 0.274 e. The van der Waals surface area contributed by atoms with Gasteiger partial charge in [-0.1, -0.05) is 35.9 Å². The molecule has 0 saturated carbocycles. The van der Waals surface area contributed by atoms with Gasteiger partial charge >= 0.3 is 0 Å². The van der Waals surface area contributed by atoms with Crippen molar-refractivity contribution in [3.63, 3.8) is 0 Å². The van der Waals surface area contributed by atoms with Crippen LogP contribution in [0.1, 0.15) is 29.8 Å². The molecule has 3 heterocycles. The Morgan fingerprint density at radius 2 is 1.94 bits per heavy atom. The monoisotopic (exact) mass is 504 g/mol. The van der Waals surface area contributed by atoms with Gasteiger partial charge in [0.2, 0.25) is 0 Å². The molecule has 9 heteroatoms. The van der Waals surface area contributed by atoms with E-state index in [4.69, 9.17) is 16.7 Å². The highest BCUT2D eigenvalue weighted by Crippen LogP contribution is 2.29. The molecule has 186 valence electrons. The van der Waals surface area contributed by atoms with Crippen molar-refractivity contribution in [2.45, 2.75) is 25.3 Å². The van der Waals surface area contributed by atoms with E-state index in [9.17, 15) is 4.79 Å². The summed E-state index contributed by atoms with van der Waals surface area (Å²) < 4.78 is 1.65. The third-order valence-electron chi connectivity index (χ3n) is 6.49. The van der Waals surface area contributed by atoms with Gasteiger partial charge in [-0.25, -0.2) is 9.50 Å². The molecule has 1 fully saturated rings. The second kappa shape index (κ2) is 11.1. The second-order valence-corrected chi connectivity index (χ2v) is 9.35. The number of aromatic nitrogens is 3. The number of benzene rings is 2. The van der Waals surface area contributed by atoms with Crippen molar-refractivity contribution >= 4 is 34.5 Å². The van der Waals surface area contributed by atoms with Crippen molar-refractivity contribution in [2.24, 2.45) is 0 Å². The van der Waals surface area contributed by atoms with Crippen LogP contribution in [0.25, 0.3) is 16.8 Å². The summed E-state index contributed by atoms with van der Waals surface area (Å²) in [5, 5.41) is 20.6. The number of hydrogen-bond acceptors (Lipinski definition) is 6. The lowest BCUT2D eigenvalue weighted by Crippen LogP contribution is -2.43. The highest BCUT2D eigenvalue weighted by Gasteiger charge is 2.22. The molecule has 1 aliphatic rings. The summed E-state index contributed by atoms with van der Waals surface area (Å²) in [5.74, 6) is -0.274. The van der Waals surface area contributed by atoms with Gasteiger partial charge in [0.15, 0.2) is 5.65 Å². The van der Waals surface area contributed by atoms with Crippen molar-refractivity contribution in [1.29, 1.82) is 0 Å². The quantitative estimate of drug-likeness (QED) is 0.311. The molecule has 1 saturated heterocycles. The second-order valence-electron chi connectivity index (χ2n) is 8.91. The van der Waals surface area contributed by atoms with Crippen molar-refractivity contribution in [3.05, 3.63) is 77.7 Å². The highest BCUT2D eigenvalue weighted by atomic mass is 35.5. The zero-order chi connectivity index (χ0) is 24.9. The van der Waals surface area contributed by atoms with E-state index in [1.54, 1.807) is 23.0 Å². The SMILES string of the molecule is O=C(Nc1ccccc1N1CCC(NCCCO)CC1)c1ccn2ncc(-c3cccc(Cl)c3)c2n1. The largest absolute Gasteiger partial charge is 0.396 e. The first-order chi connectivity index (χ1) is 17.6. The van der Waals surface area contributed by atoms with Gasteiger partial charge in [-0.05, 0) is 61.7 Å². The number of aliphatic hydroxyl groups is 1. The zero-order valence-corrected chi connectivity index (χ0v) is 20.7. The highest BCUT2D eigenvalue weighted by molar-refractivity contribution is 6.30. The van der Waals surface area contributed by atoms with E-state index < -0.39 is 0 Å². The van der Waals surface area contributed by atoms with Gasteiger partial charge in [-0.3, -0.25) is 4.79 Å². The van der Waals surface area contributed by atoms with E-state index in [0.29, 0.717) is 22.4 Å². The van der Waals surface area contributed by atoms with Gasteiger partial charge in [0, 0.05) is 42.5 Å². The van der Waals surface area contributed by atoms with Crippen molar-refractivity contribution in [3.8, 4) is 11.1 Å². The Balaban J connectivity index is 1.32. The van der Waals surface area contributed by atoms with Gasteiger partial charge in [-0.15, -0.1) is 0 Å². The van der Waals surface area contributed by atoms with Gasteiger partial charge in [-0.2, -0.15) is 5.10 Å². The van der Waals surface area contributed by atoms with E-state index >= 15 is 0 Å². The minimum absolute atomic E-state index is 0.212. The summed E-state index contributed by atoms with van der Waals surface area (Å²) >= 11 is 6.17. The van der Waals surface area contributed by atoms with Gasteiger partial charge in [0.05, 0.1) is 17.6 Å². The number of rotatable bonds is 8. The Morgan fingerprint density at radius 1 is 1.11 bits per heavy atom. The molecule has 0 bridgehead atoms. The molecule has 0 radical (unpaired) electrons. The molecule has 5 rings (SSSR count). The lowest BCUT2D eigenvalue weighted by Gasteiger charge is -2.35. The molecule has 8 nitrogen and oxygen atoms in total. The number of fused-ring (bicyclic) bond motifs is 1. The Hall–Kier alpha value is -3.46. The first-order valence-corrected chi connectivity index (χ1v) is 12.6. The molecule has 4 aromatic rings. The fourth-order valence-corrected chi connectivity index (χ4v) is 4.80. The molecule has 3 N–H and O–H groups in total. The molecular weight excluding hydrogens is 476 g/mol. The Morgan fingerprint density at radius 3 is 2.75 bits per heavy atom. The van der Waals surface area contributed by atoms with E-state index in [2.05, 4.69) is 25.6 Å². The minimum atomic E-state index is -0.274. The lowest BCUT2D eigenvalue weighted by atomic mass is 10.0. The number of carbonyl (C=O) groups excluding carboxylic acids is 1. The summed E-state index contributed by atoms with van der Waals surface area (Å²) in [6.45, 7) is 2.84. The number of piperidine rings is 1. The smallest absolute Gasteiger partial charge is 0.274 e.